The Morgan fingerprint density at radius 1 is 1.28 bits per heavy atom. The SMILES string of the molecule is C1CC1.CC.CCOC(=O)c1c[nH]c2c(OC)c(C)c(F)cc2c1=O. The van der Waals surface area contributed by atoms with Crippen LogP contribution in [0.5, 0.6) is 5.75 Å². The number of ether oxygens (including phenoxy) is 2. The van der Waals surface area contributed by atoms with Crippen molar-refractivity contribution in [1.82, 2.24) is 4.98 Å². The van der Waals surface area contributed by atoms with Crippen LogP contribution in [0.15, 0.2) is 17.1 Å². The molecule has 0 spiro atoms. The Bertz CT molecular complexity index is 778. The fraction of sp³-hybridized carbons (Fsp3) is 0.474. The lowest BCUT2D eigenvalue weighted by atomic mass is 10.1. The summed E-state index contributed by atoms with van der Waals surface area (Å²) >= 11 is 0. The van der Waals surface area contributed by atoms with Crippen molar-refractivity contribution in [3.8, 4) is 5.75 Å². The second-order valence-corrected chi connectivity index (χ2v) is 5.25. The smallest absolute Gasteiger partial charge is 0.343 e. The molecule has 0 amide bonds. The van der Waals surface area contributed by atoms with E-state index in [0.29, 0.717) is 11.1 Å². The third kappa shape index (κ3) is 5.05. The van der Waals surface area contributed by atoms with E-state index in [1.165, 1.54) is 32.6 Å². The number of rotatable bonds is 3. The molecule has 0 bridgehead atoms. The van der Waals surface area contributed by atoms with Gasteiger partial charge in [-0.3, -0.25) is 4.79 Å². The van der Waals surface area contributed by atoms with Gasteiger partial charge in [-0.15, -0.1) is 0 Å². The second-order valence-electron chi connectivity index (χ2n) is 5.25. The van der Waals surface area contributed by atoms with Crippen molar-refractivity contribution in [3.05, 3.63) is 39.4 Å². The lowest BCUT2D eigenvalue weighted by Crippen LogP contribution is -2.18. The topological polar surface area (TPSA) is 68.4 Å². The van der Waals surface area contributed by atoms with E-state index < -0.39 is 17.2 Å². The van der Waals surface area contributed by atoms with Crippen LogP contribution >= 0.6 is 0 Å². The van der Waals surface area contributed by atoms with Gasteiger partial charge in [-0.2, -0.15) is 0 Å². The Hall–Kier alpha value is -2.37. The number of nitrogens with one attached hydrogen (secondary N) is 1. The fourth-order valence-electron chi connectivity index (χ4n) is 2.02. The predicted molar refractivity (Wildman–Crippen MR) is 97.0 cm³/mol. The summed E-state index contributed by atoms with van der Waals surface area (Å²) in [4.78, 5) is 26.7. The van der Waals surface area contributed by atoms with E-state index in [1.54, 1.807) is 13.8 Å². The van der Waals surface area contributed by atoms with Gasteiger partial charge in [0, 0.05) is 11.8 Å². The number of aromatic amines is 1. The Kier molecular flexibility index (Phi) is 8.11. The second kappa shape index (κ2) is 9.81. The largest absolute Gasteiger partial charge is 0.494 e. The molecule has 25 heavy (non-hydrogen) atoms. The molecule has 6 heteroatoms. The molecule has 0 aliphatic heterocycles. The van der Waals surface area contributed by atoms with E-state index in [1.807, 2.05) is 13.8 Å². The van der Waals surface area contributed by atoms with Crippen LogP contribution in [0.2, 0.25) is 0 Å². The van der Waals surface area contributed by atoms with Crippen LogP contribution in [0.25, 0.3) is 10.9 Å². The molecule has 2 aromatic rings. The number of methoxy groups -OCH3 is 1. The van der Waals surface area contributed by atoms with Gasteiger partial charge in [-0.25, -0.2) is 9.18 Å². The third-order valence-electron chi connectivity index (χ3n) is 3.37. The van der Waals surface area contributed by atoms with E-state index >= 15 is 0 Å². The Balaban J connectivity index is 0.000000547. The highest BCUT2D eigenvalue weighted by molar-refractivity contribution is 5.95. The van der Waals surface area contributed by atoms with Crippen LogP contribution < -0.4 is 10.2 Å². The molecule has 0 saturated heterocycles. The van der Waals surface area contributed by atoms with Gasteiger partial charge in [0.25, 0.3) is 0 Å². The molecule has 1 aromatic heterocycles. The summed E-state index contributed by atoms with van der Waals surface area (Å²) in [6, 6.07) is 1.09. The molecular formula is C19H26FNO4. The predicted octanol–water partition coefficient (Wildman–Crippen LogP) is 4.36. The number of hydrogen-bond acceptors (Lipinski definition) is 4. The summed E-state index contributed by atoms with van der Waals surface area (Å²) in [5.41, 5.74) is -0.108. The van der Waals surface area contributed by atoms with Gasteiger partial charge in [-0.1, -0.05) is 33.1 Å². The van der Waals surface area contributed by atoms with Crippen molar-refractivity contribution in [2.24, 2.45) is 0 Å². The number of fused-ring (bicyclic) bond motifs is 1. The van der Waals surface area contributed by atoms with Crippen molar-refractivity contribution in [2.75, 3.05) is 13.7 Å². The number of benzene rings is 1. The maximum Gasteiger partial charge on any atom is 0.343 e. The van der Waals surface area contributed by atoms with E-state index in [2.05, 4.69) is 4.98 Å². The number of esters is 1. The van der Waals surface area contributed by atoms with Gasteiger partial charge < -0.3 is 14.5 Å². The minimum Gasteiger partial charge on any atom is -0.494 e. The molecule has 3 rings (SSSR count). The first-order valence-electron chi connectivity index (χ1n) is 8.56. The summed E-state index contributed by atoms with van der Waals surface area (Å²) < 4.78 is 23.7. The zero-order valence-electron chi connectivity index (χ0n) is 15.5. The maximum absolute atomic E-state index is 13.8. The van der Waals surface area contributed by atoms with Crippen molar-refractivity contribution >= 4 is 16.9 Å². The van der Waals surface area contributed by atoms with Crippen molar-refractivity contribution in [1.29, 1.82) is 0 Å². The minimum atomic E-state index is -0.740. The van der Waals surface area contributed by atoms with Crippen LogP contribution in [0, 0.1) is 12.7 Å². The minimum absolute atomic E-state index is 0.0514. The summed E-state index contributed by atoms with van der Waals surface area (Å²) in [6.45, 7) is 7.34. The van der Waals surface area contributed by atoms with E-state index in [4.69, 9.17) is 9.47 Å². The number of carbonyl (C=O) groups is 1. The molecule has 138 valence electrons. The number of carbonyl (C=O) groups excluding carboxylic acids is 1. The molecule has 1 aliphatic carbocycles. The maximum atomic E-state index is 13.8. The van der Waals surface area contributed by atoms with Crippen LogP contribution in [-0.2, 0) is 4.74 Å². The average Bonchev–Trinajstić information content (AvgIpc) is 3.48. The van der Waals surface area contributed by atoms with Gasteiger partial charge in [0.05, 0.1) is 24.6 Å². The summed E-state index contributed by atoms with van der Waals surface area (Å²) in [5.74, 6) is -1.07. The quantitative estimate of drug-likeness (QED) is 0.835. The highest BCUT2D eigenvalue weighted by atomic mass is 19.1. The number of halogens is 1. The lowest BCUT2D eigenvalue weighted by molar-refractivity contribution is 0.0524. The average molecular weight is 351 g/mol. The third-order valence-corrected chi connectivity index (χ3v) is 3.37. The molecule has 0 radical (unpaired) electrons. The van der Waals surface area contributed by atoms with Gasteiger partial charge in [0.2, 0.25) is 5.43 Å². The van der Waals surface area contributed by atoms with Gasteiger partial charge in [0.15, 0.2) is 0 Å². The number of aromatic nitrogens is 1. The van der Waals surface area contributed by atoms with Crippen molar-refractivity contribution in [2.45, 2.75) is 47.0 Å². The molecule has 1 heterocycles. The lowest BCUT2D eigenvalue weighted by Gasteiger charge is -2.10. The first-order valence-corrected chi connectivity index (χ1v) is 8.56. The summed E-state index contributed by atoms with van der Waals surface area (Å²) in [5, 5.41) is 0.0514. The van der Waals surface area contributed by atoms with Gasteiger partial charge in [0.1, 0.15) is 17.1 Å². The summed E-state index contributed by atoms with van der Waals surface area (Å²) in [7, 11) is 1.39. The van der Waals surface area contributed by atoms with Gasteiger partial charge >= 0.3 is 5.97 Å². The highest BCUT2D eigenvalue weighted by Crippen LogP contribution is 2.28. The number of pyridine rings is 1. The van der Waals surface area contributed by atoms with Crippen LogP contribution in [0.1, 0.15) is 56.0 Å². The molecule has 0 unspecified atom stereocenters. The molecule has 0 atom stereocenters. The van der Waals surface area contributed by atoms with E-state index in [0.717, 1.165) is 6.07 Å². The Morgan fingerprint density at radius 2 is 1.88 bits per heavy atom. The zero-order chi connectivity index (χ0) is 19.0. The summed E-state index contributed by atoms with van der Waals surface area (Å²) in [6.07, 6.45) is 5.75. The Labute approximate surface area is 147 Å². The molecule has 1 saturated carbocycles. The standard InChI is InChI=1S/C14H14FNO4.C3H6.C2H6/c1-4-20-14(18)9-6-16-11-8(12(9)17)5-10(15)7(2)13(11)19-3;1-2-3-1;1-2/h5-6H,4H2,1-3H3,(H,16,17);1-3H2;1-2H3. The van der Waals surface area contributed by atoms with Crippen molar-refractivity contribution in [3.63, 3.8) is 0 Å². The first-order chi connectivity index (χ1) is 12.0. The molecule has 1 aromatic carbocycles. The Morgan fingerprint density at radius 3 is 2.36 bits per heavy atom. The first kappa shape index (κ1) is 20.7. The molecule has 5 nitrogen and oxygen atoms in total. The van der Waals surface area contributed by atoms with E-state index in [9.17, 15) is 14.0 Å². The molecule has 1 N–H and O–H groups in total. The monoisotopic (exact) mass is 351 g/mol. The molecule has 1 aliphatic rings. The normalized spacial score (nSPS) is 11.6. The zero-order valence-corrected chi connectivity index (χ0v) is 15.5. The van der Waals surface area contributed by atoms with Crippen molar-refractivity contribution < 1.29 is 18.7 Å². The van der Waals surface area contributed by atoms with Crippen LogP contribution in [0.3, 0.4) is 0 Å². The van der Waals surface area contributed by atoms with E-state index in [-0.39, 0.29) is 23.3 Å². The highest BCUT2D eigenvalue weighted by Gasteiger charge is 2.18. The van der Waals surface area contributed by atoms with Crippen LogP contribution in [0.4, 0.5) is 4.39 Å². The van der Waals surface area contributed by atoms with Crippen LogP contribution in [-0.4, -0.2) is 24.7 Å². The number of hydrogen-bond donors (Lipinski definition) is 1. The van der Waals surface area contributed by atoms with Gasteiger partial charge in [-0.05, 0) is 19.9 Å². The molecule has 1 fully saturated rings. The number of H-pyrrole nitrogens is 1. The fourth-order valence-corrected chi connectivity index (χ4v) is 2.02. The molecular weight excluding hydrogens is 325 g/mol.